The number of carbonyl (C=O) groups is 2. The van der Waals surface area contributed by atoms with Gasteiger partial charge in [0.05, 0.1) is 6.61 Å². The Labute approximate surface area is 305 Å². The molecule has 3 unspecified atom stereocenters. The fourth-order valence-electron chi connectivity index (χ4n) is 8.15. The molecule has 0 saturated heterocycles. The molecule has 1 fully saturated rings. The van der Waals surface area contributed by atoms with Crippen molar-refractivity contribution in [2.75, 3.05) is 18.5 Å². The average molecular weight is 702 g/mol. The summed E-state index contributed by atoms with van der Waals surface area (Å²) in [6.07, 6.45) is 28.3. The fraction of sp³-hybridized carbons (Fsp3) is 0.854. The molecule has 1 aliphatic carbocycles. The molecular formula is C41H75N5O4. The fourth-order valence-corrected chi connectivity index (χ4v) is 8.15. The molecule has 1 aliphatic rings. The largest absolute Gasteiger partial charge is 0.449 e. The van der Waals surface area contributed by atoms with Crippen LogP contribution in [0.4, 0.5) is 15.5 Å². The topological polar surface area (TPSA) is 125 Å². The van der Waals surface area contributed by atoms with Crippen molar-refractivity contribution in [1.82, 2.24) is 20.6 Å². The third-order valence-electron chi connectivity index (χ3n) is 10.4. The molecule has 2 rings (SSSR count). The Bertz CT molecular complexity index is 1140. The molecule has 1 saturated carbocycles. The highest BCUT2D eigenvalue weighted by Crippen LogP contribution is 2.45. The number of H-pyrrole nitrogens is 1. The number of rotatable bonds is 26. The van der Waals surface area contributed by atoms with Gasteiger partial charge in [0, 0.05) is 24.3 Å². The van der Waals surface area contributed by atoms with Crippen LogP contribution < -0.4 is 21.5 Å². The Morgan fingerprint density at radius 2 is 1.36 bits per heavy atom. The summed E-state index contributed by atoms with van der Waals surface area (Å²) >= 11 is 0. The highest BCUT2D eigenvalue weighted by atomic mass is 16.5. The van der Waals surface area contributed by atoms with Crippen LogP contribution in [0.15, 0.2) is 10.9 Å². The molecule has 3 atom stereocenters. The first-order valence-corrected chi connectivity index (χ1v) is 20.5. The third kappa shape index (κ3) is 20.3. The summed E-state index contributed by atoms with van der Waals surface area (Å²) < 4.78 is 5.93. The smallest absolute Gasteiger partial charge is 0.407 e. The number of carbonyl (C=O) groups excluding carboxylic acids is 2. The van der Waals surface area contributed by atoms with Crippen LogP contribution in [0.2, 0.25) is 0 Å². The van der Waals surface area contributed by atoms with Crippen molar-refractivity contribution in [1.29, 1.82) is 0 Å². The van der Waals surface area contributed by atoms with E-state index in [1.54, 1.807) is 6.92 Å². The van der Waals surface area contributed by atoms with Gasteiger partial charge in [-0.25, -0.2) is 14.6 Å². The summed E-state index contributed by atoms with van der Waals surface area (Å²) in [4.78, 5) is 44.3. The number of nitrogens with zero attached hydrogens (tertiary/aromatic N) is 1. The minimum atomic E-state index is -0.419. The predicted octanol–water partition coefficient (Wildman–Crippen LogP) is 11.0. The Kier molecular flexibility index (Phi) is 21.4. The zero-order chi connectivity index (χ0) is 36.7. The van der Waals surface area contributed by atoms with Gasteiger partial charge in [0.2, 0.25) is 5.95 Å². The number of unbranched alkanes of at least 4 members (excludes halogenated alkanes) is 16. The molecule has 0 bridgehead atoms. The Hall–Kier alpha value is -2.58. The lowest BCUT2D eigenvalue weighted by molar-refractivity contribution is 0.0635. The van der Waals surface area contributed by atoms with E-state index in [4.69, 9.17) is 4.74 Å². The monoisotopic (exact) mass is 702 g/mol. The second-order valence-corrected chi connectivity index (χ2v) is 16.6. The summed E-state index contributed by atoms with van der Waals surface area (Å²) in [5.74, 6) is 0.543. The van der Waals surface area contributed by atoms with Crippen molar-refractivity contribution >= 4 is 18.1 Å². The van der Waals surface area contributed by atoms with E-state index < -0.39 is 6.03 Å². The van der Waals surface area contributed by atoms with Gasteiger partial charge >= 0.3 is 12.1 Å². The van der Waals surface area contributed by atoms with Crippen LogP contribution in [0, 0.1) is 23.7 Å². The molecule has 50 heavy (non-hydrogen) atoms. The van der Waals surface area contributed by atoms with Crippen LogP contribution in [0.5, 0.6) is 0 Å². The number of aryl methyl sites for hydroxylation is 1. The molecule has 1 aromatic rings. The number of nitrogens with one attached hydrogen (secondary N) is 4. The van der Waals surface area contributed by atoms with Crippen molar-refractivity contribution < 1.29 is 14.3 Å². The SMILES string of the molecule is CCCCCCCCCCCCC(CCCCCCCCCC)COC(=O)NC1CC(C)(C)CC(C)(CNC(=O)Nc2nc(C)cc(=O)[nH]2)C1. The van der Waals surface area contributed by atoms with Gasteiger partial charge in [-0.2, -0.15) is 0 Å². The van der Waals surface area contributed by atoms with Crippen LogP contribution in [0.1, 0.15) is 188 Å². The second kappa shape index (κ2) is 24.6. The average Bonchev–Trinajstić information content (AvgIpc) is 3.03. The van der Waals surface area contributed by atoms with Crippen LogP contribution in [-0.2, 0) is 4.74 Å². The maximum atomic E-state index is 13.2. The molecule has 9 heteroatoms. The first-order chi connectivity index (χ1) is 23.9. The Balaban J connectivity index is 1.81. The number of ether oxygens (including phenoxy) is 1. The third-order valence-corrected chi connectivity index (χ3v) is 10.4. The summed E-state index contributed by atoms with van der Waals surface area (Å²) in [5, 5.41) is 8.79. The number of alkyl carbamates (subject to hydrolysis) is 1. The molecule has 0 aliphatic heterocycles. The Morgan fingerprint density at radius 3 is 1.88 bits per heavy atom. The number of aromatic amines is 1. The van der Waals surface area contributed by atoms with E-state index in [9.17, 15) is 14.4 Å². The number of hydrogen-bond acceptors (Lipinski definition) is 5. The lowest BCUT2D eigenvalue weighted by atomic mass is 9.62. The van der Waals surface area contributed by atoms with E-state index in [-0.39, 0.29) is 34.5 Å². The van der Waals surface area contributed by atoms with Gasteiger partial charge in [-0.3, -0.25) is 15.1 Å². The van der Waals surface area contributed by atoms with E-state index in [2.05, 4.69) is 60.5 Å². The lowest BCUT2D eigenvalue weighted by Crippen LogP contribution is -2.51. The molecule has 4 N–H and O–H groups in total. The van der Waals surface area contributed by atoms with Crippen molar-refractivity contribution in [2.24, 2.45) is 16.7 Å². The maximum Gasteiger partial charge on any atom is 0.407 e. The van der Waals surface area contributed by atoms with E-state index in [1.165, 1.54) is 122 Å². The minimum Gasteiger partial charge on any atom is -0.449 e. The lowest BCUT2D eigenvalue weighted by Gasteiger charge is -2.46. The van der Waals surface area contributed by atoms with Gasteiger partial charge in [0.1, 0.15) is 0 Å². The van der Waals surface area contributed by atoms with Crippen LogP contribution in [-0.4, -0.2) is 41.3 Å². The molecule has 0 aromatic carbocycles. The number of anilines is 1. The van der Waals surface area contributed by atoms with Gasteiger partial charge in [0.25, 0.3) is 5.56 Å². The molecule has 1 heterocycles. The maximum absolute atomic E-state index is 13.2. The number of urea groups is 1. The zero-order valence-electron chi connectivity index (χ0n) is 33.0. The molecule has 3 amide bonds. The van der Waals surface area contributed by atoms with Crippen molar-refractivity contribution in [3.8, 4) is 0 Å². The van der Waals surface area contributed by atoms with Gasteiger partial charge in [-0.1, -0.05) is 150 Å². The summed E-state index contributed by atoms with van der Waals surface area (Å²) in [7, 11) is 0. The Morgan fingerprint density at radius 1 is 0.840 bits per heavy atom. The molecule has 0 spiro atoms. The predicted molar refractivity (Wildman–Crippen MR) is 208 cm³/mol. The minimum absolute atomic E-state index is 0.0129. The summed E-state index contributed by atoms with van der Waals surface area (Å²) in [5.41, 5.74) is -0.0166. The summed E-state index contributed by atoms with van der Waals surface area (Å²) in [6.45, 7) is 13.8. The van der Waals surface area contributed by atoms with Crippen molar-refractivity contribution in [3.63, 3.8) is 0 Å². The highest BCUT2D eigenvalue weighted by molar-refractivity contribution is 5.87. The number of amides is 3. The first-order valence-electron chi connectivity index (χ1n) is 20.5. The molecule has 0 radical (unpaired) electrons. The van der Waals surface area contributed by atoms with E-state index in [0.717, 1.165) is 32.1 Å². The molecule has 9 nitrogen and oxygen atoms in total. The molecule has 288 valence electrons. The van der Waals surface area contributed by atoms with E-state index >= 15 is 0 Å². The standard InChI is InChI=1S/C41H75N5O4/c1-7-9-11-13-15-17-18-20-22-24-26-34(25-23-21-19-16-14-12-10-8-2)30-50-39(49)44-35-28-40(4,5)31-41(6,29-35)32-42-38(48)46-37-43-33(3)27-36(47)45-37/h27,34-35H,7-26,28-32H2,1-6H3,(H,44,49)(H3,42,43,45,46,47,48). The van der Waals surface area contributed by atoms with Gasteiger partial charge in [-0.05, 0) is 55.8 Å². The van der Waals surface area contributed by atoms with Crippen LogP contribution in [0.25, 0.3) is 0 Å². The van der Waals surface area contributed by atoms with Gasteiger partial charge in [-0.15, -0.1) is 0 Å². The van der Waals surface area contributed by atoms with Crippen molar-refractivity contribution in [3.05, 3.63) is 22.1 Å². The molecular weight excluding hydrogens is 626 g/mol. The normalized spacial score (nSPS) is 19.1. The highest BCUT2D eigenvalue weighted by Gasteiger charge is 2.42. The van der Waals surface area contributed by atoms with Gasteiger partial charge < -0.3 is 15.4 Å². The first kappa shape index (κ1) is 43.6. The van der Waals surface area contributed by atoms with Crippen molar-refractivity contribution in [2.45, 2.75) is 195 Å². The van der Waals surface area contributed by atoms with Crippen LogP contribution >= 0.6 is 0 Å². The summed E-state index contributed by atoms with van der Waals surface area (Å²) in [6, 6.07) is 0.920. The second-order valence-electron chi connectivity index (χ2n) is 16.6. The zero-order valence-corrected chi connectivity index (χ0v) is 33.0. The van der Waals surface area contributed by atoms with Crippen LogP contribution in [0.3, 0.4) is 0 Å². The number of aromatic nitrogens is 2. The quantitative estimate of drug-likeness (QED) is 0.0715. The van der Waals surface area contributed by atoms with Gasteiger partial charge in [0.15, 0.2) is 0 Å². The molecule has 1 aromatic heterocycles. The van der Waals surface area contributed by atoms with E-state index in [1.807, 2.05) is 0 Å². The number of hydrogen-bond donors (Lipinski definition) is 4. The van der Waals surface area contributed by atoms with E-state index in [0.29, 0.717) is 24.8 Å².